The zero-order valence-corrected chi connectivity index (χ0v) is 15.1. The third kappa shape index (κ3) is 3.55. The van der Waals surface area contributed by atoms with E-state index >= 15 is 0 Å². The molecule has 3 aromatic carbocycles. The van der Waals surface area contributed by atoms with Crippen LogP contribution in [-0.2, 0) is 6.42 Å². The first-order valence-corrected chi connectivity index (χ1v) is 9.07. The molecular formula is C23H21N3O. The van der Waals surface area contributed by atoms with Crippen molar-refractivity contribution in [2.45, 2.75) is 13.3 Å². The quantitative estimate of drug-likeness (QED) is 0.410. The molecule has 134 valence electrons. The van der Waals surface area contributed by atoms with E-state index < -0.39 is 0 Å². The van der Waals surface area contributed by atoms with Crippen molar-refractivity contribution in [1.82, 2.24) is 4.98 Å². The van der Waals surface area contributed by atoms with Gasteiger partial charge in [0.1, 0.15) is 0 Å². The van der Waals surface area contributed by atoms with Crippen LogP contribution in [0.1, 0.15) is 12.5 Å². The van der Waals surface area contributed by atoms with E-state index in [1.54, 1.807) is 0 Å². The molecule has 1 heterocycles. The first-order valence-electron chi connectivity index (χ1n) is 9.07. The Morgan fingerprint density at radius 3 is 2.30 bits per heavy atom. The van der Waals surface area contributed by atoms with Crippen molar-refractivity contribution >= 4 is 28.3 Å². The monoisotopic (exact) mass is 355 g/mol. The third-order valence-electron chi connectivity index (χ3n) is 4.63. The van der Waals surface area contributed by atoms with Crippen LogP contribution in [-0.4, -0.2) is 11.0 Å². The second-order valence-corrected chi connectivity index (χ2v) is 6.42. The minimum Gasteiger partial charge on any atom is -0.353 e. The number of fused-ring (bicyclic) bond motifs is 1. The largest absolute Gasteiger partial charge is 0.353 e. The maximum atomic E-state index is 12.6. The Hall–Kier alpha value is -3.53. The lowest BCUT2D eigenvalue weighted by molar-refractivity contribution is 0.262. The van der Waals surface area contributed by atoms with Gasteiger partial charge in [-0.3, -0.25) is 0 Å². The van der Waals surface area contributed by atoms with Crippen LogP contribution in [0.5, 0.6) is 0 Å². The predicted octanol–water partition coefficient (Wildman–Crippen LogP) is 6.04. The second-order valence-electron chi connectivity index (χ2n) is 6.42. The summed E-state index contributed by atoms with van der Waals surface area (Å²) < 4.78 is 0. The number of nitrogens with one attached hydrogen (secondary N) is 3. The molecule has 0 saturated carbocycles. The molecule has 0 bridgehead atoms. The van der Waals surface area contributed by atoms with Gasteiger partial charge in [-0.1, -0.05) is 67.6 Å². The van der Waals surface area contributed by atoms with Crippen molar-refractivity contribution in [2.75, 3.05) is 10.6 Å². The Kier molecular flexibility index (Phi) is 4.62. The van der Waals surface area contributed by atoms with Gasteiger partial charge in [0.25, 0.3) is 0 Å². The maximum Gasteiger partial charge on any atom is 0.323 e. The maximum absolute atomic E-state index is 12.6. The summed E-state index contributed by atoms with van der Waals surface area (Å²) in [6.07, 6.45) is 0.998. The van der Waals surface area contributed by atoms with E-state index in [1.165, 1.54) is 5.56 Å². The Balaban J connectivity index is 1.70. The van der Waals surface area contributed by atoms with E-state index in [0.29, 0.717) is 0 Å². The van der Waals surface area contributed by atoms with Crippen LogP contribution in [0.15, 0.2) is 78.9 Å². The van der Waals surface area contributed by atoms with E-state index in [4.69, 9.17) is 0 Å². The molecule has 0 spiro atoms. The number of aryl methyl sites for hydroxylation is 1. The van der Waals surface area contributed by atoms with Crippen LogP contribution in [0.25, 0.3) is 22.2 Å². The highest BCUT2D eigenvalue weighted by Crippen LogP contribution is 2.35. The number of aromatic amines is 1. The van der Waals surface area contributed by atoms with Gasteiger partial charge in [-0.2, -0.15) is 0 Å². The van der Waals surface area contributed by atoms with Crippen LogP contribution in [0, 0.1) is 0 Å². The SMILES string of the molecule is CCc1ccc(-c2[nH]c3ccccc3c2NC(=O)Nc2ccccc2)cc1. The molecular weight excluding hydrogens is 334 g/mol. The summed E-state index contributed by atoms with van der Waals surface area (Å²) in [4.78, 5) is 16.0. The number of hydrogen-bond donors (Lipinski definition) is 3. The van der Waals surface area contributed by atoms with Gasteiger partial charge in [-0.05, 0) is 30.2 Å². The fourth-order valence-corrected chi connectivity index (χ4v) is 3.19. The number of carbonyl (C=O) groups excluding carboxylic acids is 1. The second kappa shape index (κ2) is 7.38. The molecule has 4 nitrogen and oxygen atoms in total. The summed E-state index contributed by atoms with van der Waals surface area (Å²) in [7, 11) is 0. The van der Waals surface area contributed by atoms with Crippen molar-refractivity contribution in [3.8, 4) is 11.3 Å². The first-order chi connectivity index (χ1) is 13.2. The summed E-state index contributed by atoms with van der Waals surface area (Å²) in [5.74, 6) is 0. The van der Waals surface area contributed by atoms with Crippen LogP contribution < -0.4 is 10.6 Å². The van der Waals surface area contributed by atoms with Crippen molar-refractivity contribution in [1.29, 1.82) is 0 Å². The molecule has 1 aromatic heterocycles. The molecule has 4 rings (SSSR count). The number of hydrogen-bond acceptors (Lipinski definition) is 1. The van der Waals surface area contributed by atoms with E-state index in [1.807, 2.05) is 54.6 Å². The zero-order valence-electron chi connectivity index (χ0n) is 15.1. The van der Waals surface area contributed by atoms with Crippen molar-refractivity contribution in [2.24, 2.45) is 0 Å². The Labute approximate surface area is 158 Å². The molecule has 0 atom stereocenters. The first kappa shape index (κ1) is 16.9. The number of amides is 2. The minimum atomic E-state index is -0.266. The highest BCUT2D eigenvalue weighted by molar-refractivity contribution is 6.10. The molecule has 0 aliphatic carbocycles. The average Bonchev–Trinajstić information content (AvgIpc) is 3.07. The summed E-state index contributed by atoms with van der Waals surface area (Å²) in [5, 5.41) is 6.89. The molecule has 4 aromatic rings. The van der Waals surface area contributed by atoms with Gasteiger partial charge in [0.05, 0.1) is 11.4 Å². The van der Waals surface area contributed by atoms with Gasteiger partial charge in [0, 0.05) is 22.2 Å². The number of aromatic nitrogens is 1. The molecule has 4 heteroatoms. The summed E-state index contributed by atoms with van der Waals surface area (Å²) >= 11 is 0. The highest BCUT2D eigenvalue weighted by atomic mass is 16.2. The molecule has 2 amide bonds. The minimum absolute atomic E-state index is 0.266. The van der Waals surface area contributed by atoms with Gasteiger partial charge in [0.15, 0.2) is 0 Å². The van der Waals surface area contributed by atoms with Gasteiger partial charge in [-0.15, -0.1) is 0 Å². The zero-order chi connectivity index (χ0) is 18.6. The molecule has 0 saturated heterocycles. The van der Waals surface area contributed by atoms with Crippen molar-refractivity contribution in [3.63, 3.8) is 0 Å². The van der Waals surface area contributed by atoms with Gasteiger partial charge in [-0.25, -0.2) is 4.79 Å². The fraction of sp³-hybridized carbons (Fsp3) is 0.0870. The molecule has 3 N–H and O–H groups in total. The number of anilines is 2. The van der Waals surface area contributed by atoms with E-state index in [0.717, 1.165) is 40.0 Å². The highest BCUT2D eigenvalue weighted by Gasteiger charge is 2.15. The molecule has 0 unspecified atom stereocenters. The molecule has 0 radical (unpaired) electrons. The summed E-state index contributed by atoms with van der Waals surface area (Å²) in [5.41, 5.74) is 5.75. The predicted molar refractivity (Wildman–Crippen MR) is 112 cm³/mol. The van der Waals surface area contributed by atoms with E-state index in [9.17, 15) is 4.79 Å². The van der Waals surface area contributed by atoms with Crippen LogP contribution in [0.2, 0.25) is 0 Å². The van der Waals surface area contributed by atoms with E-state index in [-0.39, 0.29) is 6.03 Å². The van der Waals surface area contributed by atoms with Gasteiger partial charge < -0.3 is 15.6 Å². The van der Waals surface area contributed by atoms with Crippen molar-refractivity contribution < 1.29 is 4.79 Å². The summed E-state index contributed by atoms with van der Waals surface area (Å²) in [6.45, 7) is 2.14. The van der Waals surface area contributed by atoms with Gasteiger partial charge >= 0.3 is 6.03 Å². The van der Waals surface area contributed by atoms with Crippen LogP contribution in [0.4, 0.5) is 16.2 Å². The standard InChI is InChI=1S/C23H21N3O/c1-2-16-12-14-17(15-13-16)21-22(19-10-6-7-11-20(19)25-21)26-23(27)24-18-8-4-3-5-9-18/h3-15,25H,2H2,1H3,(H2,24,26,27). The third-order valence-corrected chi connectivity index (χ3v) is 4.63. The lowest BCUT2D eigenvalue weighted by Gasteiger charge is -2.10. The fourth-order valence-electron chi connectivity index (χ4n) is 3.19. The Morgan fingerprint density at radius 1 is 0.852 bits per heavy atom. The summed E-state index contributed by atoms with van der Waals surface area (Å²) in [6, 6.07) is 25.5. The lowest BCUT2D eigenvalue weighted by atomic mass is 10.1. The molecule has 0 fully saturated rings. The number of benzene rings is 3. The molecule has 27 heavy (non-hydrogen) atoms. The lowest BCUT2D eigenvalue weighted by Crippen LogP contribution is -2.19. The van der Waals surface area contributed by atoms with Crippen LogP contribution >= 0.6 is 0 Å². The number of para-hydroxylation sites is 2. The van der Waals surface area contributed by atoms with Crippen molar-refractivity contribution in [3.05, 3.63) is 84.4 Å². The average molecular weight is 355 g/mol. The number of H-pyrrole nitrogens is 1. The number of urea groups is 1. The topological polar surface area (TPSA) is 56.9 Å². The molecule has 0 aliphatic heterocycles. The smallest absolute Gasteiger partial charge is 0.323 e. The Morgan fingerprint density at radius 2 is 1.56 bits per heavy atom. The number of rotatable bonds is 4. The number of carbonyl (C=O) groups is 1. The normalized spacial score (nSPS) is 10.7. The van der Waals surface area contributed by atoms with E-state index in [2.05, 4.69) is 46.8 Å². The van der Waals surface area contributed by atoms with Crippen LogP contribution in [0.3, 0.4) is 0 Å². The Bertz CT molecular complexity index is 1070. The van der Waals surface area contributed by atoms with Gasteiger partial charge in [0.2, 0.25) is 0 Å². The molecule has 0 aliphatic rings.